The molecule has 2 N–H and O–H groups in total. The first-order valence-electron chi connectivity index (χ1n) is 7.30. The number of benzene rings is 1. The Morgan fingerprint density at radius 2 is 2.05 bits per heavy atom. The number of fused-ring (bicyclic) bond motifs is 1. The van der Waals surface area contributed by atoms with Crippen LogP contribution < -0.4 is 5.32 Å². The Hall–Kier alpha value is -2.07. The van der Waals surface area contributed by atoms with Crippen molar-refractivity contribution in [2.45, 2.75) is 32.4 Å². The van der Waals surface area contributed by atoms with Crippen LogP contribution in [0.1, 0.15) is 35.6 Å². The van der Waals surface area contributed by atoms with E-state index in [1.54, 1.807) is 0 Å². The first-order valence-corrected chi connectivity index (χ1v) is 7.30. The maximum Gasteiger partial charge on any atom is 0.308 e. The van der Waals surface area contributed by atoms with Gasteiger partial charge in [0.1, 0.15) is 11.5 Å². The molecule has 2 aromatic rings. The van der Waals surface area contributed by atoms with Gasteiger partial charge in [-0.05, 0) is 29.7 Å². The Balaban J connectivity index is 1.76. The lowest BCUT2D eigenvalue weighted by molar-refractivity contribution is -0.142. The van der Waals surface area contributed by atoms with Gasteiger partial charge in [0.25, 0.3) is 0 Å². The van der Waals surface area contributed by atoms with Crippen LogP contribution in [0.25, 0.3) is 0 Å². The normalized spacial score (nSPS) is 20.4. The molecular weight excluding hydrogens is 266 g/mol. The second-order valence-corrected chi connectivity index (χ2v) is 5.43. The van der Waals surface area contributed by atoms with Crippen molar-refractivity contribution in [1.82, 2.24) is 5.32 Å². The summed E-state index contributed by atoms with van der Waals surface area (Å²) in [5.41, 5.74) is 2.21. The van der Waals surface area contributed by atoms with Gasteiger partial charge in [0.2, 0.25) is 0 Å². The van der Waals surface area contributed by atoms with E-state index in [0.29, 0.717) is 13.0 Å². The number of carboxylic acids is 1. The molecule has 1 heterocycles. The summed E-state index contributed by atoms with van der Waals surface area (Å²) >= 11 is 0. The van der Waals surface area contributed by atoms with Gasteiger partial charge in [-0.15, -0.1) is 0 Å². The van der Waals surface area contributed by atoms with Crippen molar-refractivity contribution in [2.75, 3.05) is 0 Å². The Morgan fingerprint density at radius 3 is 2.76 bits per heavy atom. The minimum atomic E-state index is -0.752. The molecule has 4 heteroatoms. The maximum atomic E-state index is 11.5. The zero-order valence-electron chi connectivity index (χ0n) is 12.0. The molecule has 0 amide bonds. The molecule has 0 saturated carbocycles. The molecule has 3 rings (SSSR count). The molecule has 1 aliphatic carbocycles. The highest BCUT2D eigenvalue weighted by Gasteiger charge is 2.36. The van der Waals surface area contributed by atoms with E-state index in [9.17, 15) is 9.90 Å². The Labute approximate surface area is 123 Å². The Morgan fingerprint density at radius 1 is 1.29 bits per heavy atom. The van der Waals surface area contributed by atoms with Gasteiger partial charge in [-0.1, -0.05) is 31.2 Å². The van der Waals surface area contributed by atoms with Crippen molar-refractivity contribution in [3.63, 3.8) is 0 Å². The summed E-state index contributed by atoms with van der Waals surface area (Å²) in [6, 6.07) is 11.7. The molecule has 0 radical (unpaired) electrons. The Kier molecular flexibility index (Phi) is 3.80. The number of hydrogen-bond acceptors (Lipinski definition) is 3. The van der Waals surface area contributed by atoms with Gasteiger partial charge in [0.15, 0.2) is 0 Å². The molecule has 1 aliphatic rings. The predicted molar refractivity (Wildman–Crippen MR) is 78.9 cm³/mol. The van der Waals surface area contributed by atoms with Crippen molar-refractivity contribution in [3.05, 3.63) is 59.0 Å². The molecule has 0 bridgehead atoms. The minimum Gasteiger partial charge on any atom is -0.481 e. The number of carboxylic acid groups (broad SMARTS) is 1. The van der Waals surface area contributed by atoms with Crippen LogP contribution >= 0.6 is 0 Å². The summed E-state index contributed by atoms with van der Waals surface area (Å²) in [6.45, 7) is 2.59. The predicted octanol–water partition coefficient (Wildman–Crippen LogP) is 2.93. The van der Waals surface area contributed by atoms with E-state index >= 15 is 0 Å². The zero-order chi connectivity index (χ0) is 14.8. The number of furan rings is 1. The molecule has 0 aliphatic heterocycles. The number of nitrogens with one attached hydrogen (secondary N) is 1. The molecular formula is C17H19NO3. The molecule has 0 unspecified atom stereocenters. The number of carbonyl (C=O) groups is 1. The average molecular weight is 285 g/mol. The topological polar surface area (TPSA) is 62.5 Å². The monoisotopic (exact) mass is 285 g/mol. The van der Waals surface area contributed by atoms with Crippen LogP contribution in [0.3, 0.4) is 0 Å². The van der Waals surface area contributed by atoms with Gasteiger partial charge in [-0.3, -0.25) is 4.79 Å². The number of aliphatic carboxylic acids is 1. The Bertz CT molecular complexity index is 647. The number of aryl methyl sites for hydroxylation is 1. The van der Waals surface area contributed by atoms with Crippen LogP contribution in [-0.2, 0) is 24.2 Å². The average Bonchev–Trinajstić information content (AvgIpc) is 3.09. The van der Waals surface area contributed by atoms with Gasteiger partial charge >= 0.3 is 5.97 Å². The van der Waals surface area contributed by atoms with Crippen molar-refractivity contribution >= 4 is 5.97 Å². The first-order chi connectivity index (χ1) is 10.2. The van der Waals surface area contributed by atoms with Crippen LogP contribution in [0, 0.1) is 5.92 Å². The lowest BCUT2D eigenvalue weighted by Crippen LogP contribution is -2.29. The summed E-state index contributed by atoms with van der Waals surface area (Å²) in [5, 5.41) is 12.8. The molecule has 1 aromatic heterocycles. The van der Waals surface area contributed by atoms with E-state index in [2.05, 4.69) is 5.32 Å². The van der Waals surface area contributed by atoms with Crippen LogP contribution in [0.15, 0.2) is 40.8 Å². The van der Waals surface area contributed by atoms with Crippen molar-refractivity contribution in [1.29, 1.82) is 0 Å². The fraction of sp³-hybridized carbons (Fsp3) is 0.353. The molecule has 0 saturated heterocycles. The summed E-state index contributed by atoms with van der Waals surface area (Å²) < 4.78 is 5.67. The van der Waals surface area contributed by atoms with E-state index in [-0.39, 0.29) is 6.04 Å². The molecule has 110 valence electrons. The second-order valence-electron chi connectivity index (χ2n) is 5.43. The number of rotatable bonds is 5. The summed E-state index contributed by atoms with van der Waals surface area (Å²) in [7, 11) is 0. The largest absolute Gasteiger partial charge is 0.481 e. The third-order valence-electron chi connectivity index (χ3n) is 4.11. The molecule has 0 fully saturated rings. The van der Waals surface area contributed by atoms with Gasteiger partial charge in [0, 0.05) is 12.5 Å². The summed E-state index contributed by atoms with van der Waals surface area (Å²) in [5.74, 6) is 0.633. The lowest BCUT2D eigenvalue weighted by Gasteiger charge is -2.18. The number of hydrogen-bond donors (Lipinski definition) is 2. The van der Waals surface area contributed by atoms with Crippen LogP contribution in [0.2, 0.25) is 0 Å². The SMILES string of the molecule is CCc1ccc(CN[C@H]2c3ccccc3C[C@H]2C(=O)O)o1. The van der Waals surface area contributed by atoms with E-state index in [4.69, 9.17) is 4.42 Å². The molecule has 21 heavy (non-hydrogen) atoms. The molecule has 2 atom stereocenters. The smallest absolute Gasteiger partial charge is 0.308 e. The van der Waals surface area contributed by atoms with Crippen LogP contribution in [0.4, 0.5) is 0 Å². The third kappa shape index (κ3) is 2.72. The molecule has 0 spiro atoms. The molecule has 4 nitrogen and oxygen atoms in total. The highest BCUT2D eigenvalue weighted by Crippen LogP contribution is 2.36. The zero-order valence-corrected chi connectivity index (χ0v) is 12.0. The van der Waals surface area contributed by atoms with Crippen molar-refractivity contribution in [2.24, 2.45) is 5.92 Å². The lowest BCUT2D eigenvalue weighted by atomic mass is 10.0. The summed E-state index contributed by atoms with van der Waals surface area (Å²) in [6.07, 6.45) is 1.45. The fourth-order valence-corrected chi connectivity index (χ4v) is 3.00. The van der Waals surface area contributed by atoms with E-state index in [0.717, 1.165) is 29.1 Å². The van der Waals surface area contributed by atoms with Gasteiger partial charge < -0.3 is 14.8 Å². The molecule has 1 aromatic carbocycles. The van der Waals surface area contributed by atoms with Gasteiger partial charge in [-0.2, -0.15) is 0 Å². The van der Waals surface area contributed by atoms with Crippen molar-refractivity contribution < 1.29 is 14.3 Å². The van der Waals surface area contributed by atoms with Crippen molar-refractivity contribution in [3.8, 4) is 0 Å². The van der Waals surface area contributed by atoms with Crippen LogP contribution in [-0.4, -0.2) is 11.1 Å². The fourth-order valence-electron chi connectivity index (χ4n) is 3.00. The standard InChI is InChI=1S/C17H19NO3/c1-2-12-7-8-13(21-12)10-18-16-14-6-4-3-5-11(14)9-15(16)17(19)20/h3-8,15-16,18H,2,9-10H2,1H3,(H,19,20)/t15-,16+/m1/s1. The first kappa shape index (κ1) is 13.9. The van der Waals surface area contributed by atoms with E-state index in [1.165, 1.54) is 0 Å². The van der Waals surface area contributed by atoms with Gasteiger partial charge in [0.05, 0.1) is 12.5 Å². The van der Waals surface area contributed by atoms with Gasteiger partial charge in [-0.25, -0.2) is 0 Å². The highest BCUT2D eigenvalue weighted by atomic mass is 16.4. The highest BCUT2D eigenvalue weighted by molar-refractivity contribution is 5.73. The quantitative estimate of drug-likeness (QED) is 0.886. The minimum absolute atomic E-state index is 0.158. The van der Waals surface area contributed by atoms with E-state index in [1.807, 2.05) is 43.3 Å². The third-order valence-corrected chi connectivity index (χ3v) is 4.11. The maximum absolute atomic E-state index is 11.5. The van der Waals surface area contributed by atoms with Crippen LogP contribution in [0.5, 0.6) is 0 Å². The second kappa shape index (κ2) is 5.74. The summed E-state index contributed by atoms with van der Waals surface area (Å²) in [4.78, 5) is 11.5. The van der Waals surface area contributed by atoms with E-state index < -0.39 is 11.9 Å².